The minimum atomic E-state index is -6.31. The summed E-state index contributed by atoms with van der Waals surface area (Å²) >= 11 is 0.423. The van der Waals surface area contributed by atoms with Gasteiger partial charge in [-0.1, -0.05) is 12.1 Å². The number of aliphatic hydroxyl groups is 2. The van der Waals surface area contributed by atoms with Crippen molar-refractivity contribution in [2.75, 3.05) is 13.1 Å². The van der Waals surface area contributed by atoms with Crippen molar-refractivity contribution in [3.8, 4) is 10.4 Å². The maximum absolute atomic E-state index is 14.1. The van der Waals surface area contributed by atoms with Crippen molar-refractivity contribution in [2.24, 2.45) is 0 Å². The zero-order chi connectivity index (χ0) is 30.4. The quantitative estimate of drug-likeness (QED) is 0.379. The molecule has 0 spiro atoms. The average Bonchev–Trinajstić information content (AvgIpc) is 3.46. The fourth-order valence-electron chi connectivity index (χ4n) is 4.15. The first-order valence-electron chi connectivity index (χ1n) is 11.8. The predicted molar refractivity (Wildman–Crippen MR) is 127 cm³/mol. The number of likely N-dealkylation sites (tertiary alicyclic amines) is 1. The number of rotatable bonds is 7. The van der Waals surface area contributed by atoms with Gasteiger partial charge in [-0.15, -0.1) is 11.3 Å². The van der Waals surface area contributed by atoms with Crippen LogP contribution in [0.1, 0.15) is 71.5 Å². The summed E-state index contributed by atoms with van der Waals surface area (Å²) in [5, 5.41) is 21.5. The number of halogens is 8. The molecule has 1 aromatic heterocycles. The van der Waals surface area contributed by atoms with E-state index in [9.17, 15) is 54.9 Å². The van der Waals surface area contributed by atoms with Gasteiger partial charge in [-0.25, -0.2) is 13.8 Å². The van der Waals surface area contributed by atoms with Crippen LogP contribution >= 0.6 is 11.3 Å². The summed E-state index contributed by atoms with van der Waals surface area (Å²) in [5.41, 5.74) is -11.2. The standard InChI is InChI=1S/C24H25F8N3O4S/c1-11-5-4-8-35(11)20(37)15-16(40-19(34-15)18(36)33-10-21(2,3)38)13-7-6-12(9-14(13)17(25)26)22(39,23(27,28)29)24(30,31)32/h6-7,9,11,17,38-39H,4-5,8,10H2,1-3H3,(H,33,36). The number of aromatic nitrogens is 1. The topological polar surface area (TPSA) is 103 Å². The van der Waals surface area contributed by atoms with Gasteiger partial charge in [0, 0.05) is 35.8 Å². The van der Waals surface area contributed by atoms with Gasteiger partial charge in [-0.3, -0.25) is 9.59 Å². The molecule has 0 saturated carbocycles. The van der Waals surface area contributed by atoms with E-state index in [1.165, 1.54) is 18.7 Å². The highest BCUT2D eigenvalue weighted by Crippen LogP contribution is 2.51. The molecule has 0 aliphatic carbocycles. The number of benzene rings is 1. The Kier molecular flexibility index (Phi) is 8.59. The van der Waals surface area contributed by atoms with Gasteiger partial charge in [0.2, 0.25) is 0 Å². The molecule has 2 heterocycles. The SMILES string of the molecule is CC1CCCN1C(=O)c1nc(C(=O)NCC(C)(C)O)sc1-c1ccc(C(O)(C(F)(F)F)C(F)(F)F)cc1C(F)F. The van der Waals surface area contributed by atoms with E-state index in [1.807, 2.05) is 0 Å². The monoisotopic (exact) mass is 603 g/mol. The van der Waals surface area contributed by atoms with Gasteiger partial charge in [-0.2, -0.15) is 26.3 Å². The van der Waals surface area contributed by atoms with Crippen LogP contribution in [-0.2, 0) is 5.60 Å². The Bertz CT molecular complexity index is 1260. The smallest absolute Gasteiger partial charge is 0.389 e. The van der Waals surface area contributed by atoms with Gasteiger partial charge in [0.05, 0.1) is 10.5 Å². The van der Waals surface area contributed by atoms with Gasteiger partial charge in [0.15, 0.2) is 5.01 Å². The Morgan fingerprint density at radius 2 is 1.73 bits per heavy atom. The first kappa shape index (κ1) is 31.7. The van der Waals surface area contributed by atoms with Crippen molar-refractivity contribution in [1.29, 1.82) is 0 Å². The van der Waals surface area contributed by atoms with Crippen LogP contribution in [0.4, 0.5) is 35.1 Å². The second-order valence-electron chi connectivity index (χ2n) is 9.99. The number of nitrogens with zero attached hydrogens (tertiary/aromatic N) is 2. The van der Waals surface area contributed by atoms with E-state index in [2.05, 4.69) is 10.3 Å². The van der Waals surface area contributed by atoms with Gasteiger partial charge in [-0.05, 0) is 39.7 Å². The highest BCUT2D eigenvalue weighted by molar-refractivity contribution is 7.17. The van der Waals surface area contributed by atoms with Gasteiger partial charge in [0.25, 0.3) is 23.8 Å². The summed E-state index contributed by atoms with van der Waals surface area (Å²) in [6.07, 6.45) is -15.1. The molecule has 0 bridgehead atoms. The van der Waals surface area contributed by atoms with Crippen LogP contribution in [0.15, 0.2) is 18.2 Å². The zero-order valence-corrected chi connectivity index (χ0v) is 22.1. The minimum absolute atomic E-state index is 0.124. The lowest BCUT2D eigenvalue weighted by atomic mass is 9.89. The van der Waals surface area contributed by atoms with Gasteiger partial charge >= 0.3 is 12.4 Å². The normalized spacial score (nSPS) is 17.1. The zero-order valence-electron chi connectivity index (χ0n) is 21.3. The molecule has 3 rings (SSSR count). The van der Waals surface area contributed by atoms with E-state index in [1.54, 1.807) is 6.92 Å². The molecule has 1 atom stereocenters. The number of amides is 2. The molecule has 2 amide bonds. The lowest BCUT2D eigenvalue weighted by Crippen LogP contribution is -2.54. The maximum Gasteiger partial charge on any atom is 0.430 e. The van der Waals surface area contributed by atoms with Crippen LogP contribution in [0.25, 0.3) is 10.4 Å². The van der Waals surface area contributed by atoms with Crippen LogP contribution in [0.5, 0.6) is 0 Å². The molecular formula is C24H25F8N3O4S. The number of hydrogen-bond donors (Lipinski definition) is 3. The Hall–Kier alpha value is -2.85. The Balaban J connectivity index is 2.22. The van der Waals surface area contributed by atoms with Crippen LogP contribution in [0.3, 0.4) is 0 Å². The third-order valence-electron chi connectivity index (χ3n) is 6.29. The Morgan fingerprint density at radius 1 is 1.12 bits per heavy atom. The molecule has 1 aliphatic heterocycles. The number of carbonyl (C=O) groups excluding carboxylic acids is 2. The van der Waals surface area contributed by atoms with E-state index in [0.29, 0.717) is 30.2 Å². The maximum atomic E-state index is 14.1. The number of thiazole rings is 1. The molecule has 0 radical (unpaired) electrons. The molecule has 2 aromatic rings. The Labute approximate surface area is 226 Å². The molecule has 16 heteroatoms. The molecule has 7 nitrogen and oxygen atoms in total. The second kappa shape index (κ2) is 10.9. The summed E-state index contributed by atoms with van der Waals surface area (Å²) in [5.74, 6) is -1.68. The van der Waals surface area contributed by atoms with Gasteiger partial charge < -0.3 is 20.4 Å². The molecule has 1 saturated heterocycles. The highest BCUT2D eigenvalue weighted by Gasteiger charge is 2.71. The summed E-state index contributed by atoms with van der Waals surface area (Å²) in [7, 11) is 0. The number of hydrogen-bond acceptors (Lipinski definition) is 6. The first-order chi connectivity index (χ1) is 18.2. The highest BCUT2D eigenvalue weighted by atomic mass is 32.1. The fraction of sp³-hybridized carbons (Fsp3) is 0.542. The average molecular weight is 604 g/mol. The summed E-state index contributed by atoms with van der Waals surface area (Å²) < 4.78 is 109. The molecule has 1 aromatic carbocycles. The largest absolute Gasteiger partial charge is 0.430 e. The van der Waals surface area contributed by atoms with Crippen molar-refractivity contribution in [2.45, 2.75) is 69.6 Å². The lowest BCUT2D eigenvalue weighted by Gasteiger charge is -2.33. The molecular weight excluding hydrogens is 578 g/mol. The Morgan fingerprint density at radius 3 is 2.20 bits per heavy atom. The van der Waals surface area contributed by atoms with Crippen LogP contribution in [0.2, 0.25) is 0 Å². The number of carbonyl (C=O) groups is 2. The second-order valence-corrected chi connectivity index (χ2v) is 11.0. The van der Waals surface area contributed by atoms with Crippen LogP contribution in [-0.4, -0.2) is 69.0 Å². The summed E-state index contributed by atoms with van der Waals surface area (Å²) in [6.45, 7) is 4.47. The van der Waals surface area contributed by atoms with E-state index in [-0.39, 0.29) is 36.1 Å². The van der Waals surface area contributed by atoms with Gasteiger partial charge in [0.1, 0.15) is 5.69 Å². The first-order valence-corrected chi connectivity index (χ1v) is 12.6. The molecule has 1 fully saturated rings. The van der Waals surface area contributed by atoms with E-state index in [4.69, 9.17) is 0 Å². The third-order valence-corrected chi connectivity index (χ3v) is 7.38. The minimum Gasteiger partial charge on any atom is -0.389 e. The number of alkyl halides is 8. The molecule has 222 valence electrons. The van der Waals surface area contributed by atoms with Crippen LogP contribution in [0, 0.1) is 0 Å². The fourth-order valence-corrected chi connectivity index (χ4v) is 5.17. The van der Waals surface area contributed by atoms with Crippen LogP contribution < -0.4 is 5.32 Å². The van der Waals surface area contributed by atoms with Crippen molar-refractivity contribution >= 4 is 23.2 Å². The summed E-state index contributed by atoms with van der Waals surface area (Å²) in [6, 6.07) is 0.264. The molecule has 1 aliphatic rings. The van der Waals surface area contributed by atoms with Crippen molar-refractivity contribution in [3.63, 3.8) is 0 Å². The van der Waals surface area contributed by atoms with Crippen molar-refractivity contribution in [3.05, 3.63) is 40.0 Å². The number of nitrogens with one attached hydrogen (secondary N) is 1. The van der Waals surface area contributed by atoms with E-state index < -0.39 is 69.2 Å². The lowest BCUT2D eigenvalue weighted by molar-refractivity contribution is -0.376. The summed E-state index contributed by atoms with van der Waals surface area (Å²) in [4.78, 5) is 31.0. The van der Waals surface area contributed by atoms with E-state index >= 15 is 0 Å². The molecule has 40 heavy (non-hydrogen) atoms. The third kappa shape index (κ3) is 6.07. The molecule has 3 N–H and O–H groups in total. The predicted octanol–water partition coefficient (Wildman–Crippen LogP) is 5.19. The molecule has 1 unspecified atom stereocenters. The van der Waals surface area contributed by atoms with Crippen molar-refractivity contribution < 1.29 is 54.9 Å². The van der Waals surface area contributed by atoms with Crippen molar-refractivity contribution in [1.82, 2.24) is 15.2 Å². The van der Waals surface area contributed by atoms with E-state index in [0.717, 1.165) is 0 Å².